The molecule has 4 aromatic heterocycles. The fraction of sp³-hybridized carbons (Fsp3) is 0. The zero-order valence-electron chi connectivity index (χ0n) is 41.8. The van der Waals surface area contributed by atoms with Crippen LogP contribution < -0.4 is 9.80 Å². The van der Waals surface area contributed by atoms with Gasteiger partial charge in [-0.3, -0.25) is 0 Å². The topological polar surface area (TPSA) is 59.0 Å². The van der Waals surface area contributed by atoms with E-state index in [1.807, 2.05) is 161 Å². The third-order valence-corrected chi connectivity index (χ3v) is 15.8. The maximum Gasteiger partial charge on any atom is 0.160 e. The molecule has 13 aromatic carbocycles. The Kier molecular flexibility index (Phi) is 9.17. The number of benzene rings is 13. The van der Waals surface area contributed by atoms with Crippen LogP contribution in [-0.4, -0.2) is 0 Å². The molecule has 0 aliphatic carbocycles. The summed E-state index contributed by atoms with van der Waals surface area (Å²) in [5, 5.41) is 14.2. The summed E-state index contributed by atoms with van der Waals surface area (Å²) >= 11 is 0. The Bertz CT molecular complexity index is 5500. The van der Waals surface area contributed by atoms with E-state index < -0.39 is 23.3 Å². The second-order valence-electron chi connectivity index (χ2n) is 20.6. The van der Waals surface area contributed by atoms with E-state index in [4.69, 9.17) is 17.7 Å². The fourth-order valence-electron chi connectivity index (χ4n) is 12.3. The van der Waals surface area contributed by atoms with Gasteiger partial charge in [0, 0.05) is 67.3 Å². The van der Waals surface area contributed by atoms with Gasteiger partial charge in [-0.2, -0.15) is 0 Å². The van der Waals surface area contributed by atoms with Crippen LogP contribution >= 0.6 is 0 Å². The van der Waals surface area contributed by atoms with Crippen molar-refractivity contribution < 1.29 is 35.2 Å². The van der Waals surface area contributed by atoms with E-state index in [9.17, 15) is 0 Å². The van der Waals surface area contributed by atoms with Crippen LogP contribution in [-0.2, 0) is 0 Å². The highest BCUT2D eigenvalue weighted by atomic mass is 19.1. The number of hydrogen-bond donors (Lipinski definition) is 0. The molecule has 0 bridgehead atoms. The van der Waals surface area contributed by atoms with Crippen molar-refractivity contribution in [3.05, 3.63) is 242 Å². The van der Waals surface area contributed by atoms with Gasteiger partial charge in [0.2, 0.25) is 0 Å². The molecular formula is C70H36F4N2O4. The third kappa shape index (κ3) is 6.78. The van der Waals surface area contributed by atoms with Crippen LogP contribution in [0.5, 0.6) is 0 Å². The summed E-state index contributed by atoms with van der Waals surface area (Å²) in [6.45, 7) is 0. The van der Waals surface area contributed by atoms with E-state index in [-0.39, 0.29) is 11.4 Å². The maximum atomic E-state index is 15.8. The number of hydrogen-bond acceptors (Lipinski definition) is 6. The van der Waals surface area contributed by atoms with Crippen LogP contribution in [0.15, 0.2) is 236 Å². The van der Waals surface area contributed by atoms with Crippen molar-refractivity contribution in [2.75, 3.05) is 9.80 Å². The molecule has 4 heterocycles. The van der Waals surface area contributed by atoms with E-state index >= 15 is 17.6 Å². The van der Waals surface area contributed by atoms with E-state index in [0.717, 1.165) is 93.1 Å². The third-order valence-electron chi connectivity index (χ3n) is 15.8. The highest BCUT2D eigenvalue weighted by molar-refractivity contribution is 6.26. The number of nitrogens with zero attached hydrogens (tertiary/aromatic N) is 2. The Balaban J connectivity index is 0.909. The quantitative estimate of drug-likeness (QED) is 0.155. The minimum Gasteiger partial charge on any atom is -0.456 e. The van der Waals surface area contributed by atoms with Gasteiger partial charge in [-0.15, -0.1) is 0 Å². The lowest BCUT2D eigenvalue weighted by Gasteiger charge is -2.26. The van der Waals surface area contributed by atoms with E-state index in [0.29, 0.717) is 72.6 Å². The minimum atomic E-state index is -0.763. The monoisotopic (exact) mass is 1040 g/mol. The molecule has 80 heavy (non-hydrogen) atoms. The standard InChI is InChI=1S/C70H36F4N2O4/c71-45-28-46(72)31-52(30-45)75(50-16-18-61-58(34-50)56-21-38-8-2-5-11-41(38)25-63(56)77-61)49-14-13-43-27-64-57(23-44(43)19-49)59-36-67-68(60-22-39-9-3-6-12-42(39)26-65(60)79-67)69(70(59)80-64)76(53-32-47(73)29-48(74)33-53)51-15-17-54-55-20-37-7-1-4-10-40(37)24-62(55)78-66(54)35-51/h1-36H. The predicted octanol–water partition coefficient (Wildman–Crippen LogP) is 21.4. The zero-order valence-corrected chi connectivity index (χ0v) is 41.8. The molecule has 17 rings (SSSR count). The molecule has 0 saturated heterocycles. The average molecular weight is 1050 g/mol. The van der Waals surface area contributed by atoms with Gasteiger partial charge in [-0.25, -0.2) is 17.6 Å². The summed E-state index contributed by atoms with van der Waals surface area (Å²) in [6, 6.07) is 66.9. The second kappa shape index (κ2) is 16.5. The summed E-state index contributed by atoms with van der Waals surface area (Å²) in [7, 11) is 0. The van der Waals surface area contributed by atoms with Gasteiger partial charge in [-0.1, -0.05) is 78.9 Å². The first-order valence-electron chi connectivity index (χ1n) is 26.1. The number of halogens is 4. The van der Waals surface area contributed by atoms with Crippen molar-refractivity contribution in [3.63, 3.8) is 0 Å². The van der Waals surface area contributed by atoms with Gasteiger partial charge in [-0.05, 0) is 164 Å². The van der Waals surface area contributed by atoms with Crippen molar-refractivity contribution in [3.8, 4) is 0 Å². The van der Waals surface area contributed by atoms with Crippen molar-refractivity contribution in [2.45, 2.75) is 0 Å². The predicted molar refractivity (Wildman–Crippen MR) is 315 cm³/mol. The molecule has 0 radical (unpaired) electrons. The normalized spacial score (nSPS) is 12.2. The van der Waals surface area contributed by atoms with E-state index in [2.05, 4.69) is 30.3 Å². The van der Waals surface area contributed by atoms with Gasteiger partial charge >= 0.3 is 0 Å². The Morgan fingerprint density at radius 3 is 1.27 bits per heavy atom. The number of rotatable bonds is 6. The molecule has 6 nitrogen and oxygen atoms in total. The van der Waals surface area contributed by atoms with Crippen molar-refractivity contribution >= 4 is 165 Å². The first kappa shape index (κ1) is 44.5. The van der Waals surface area contributed by atoms with Crippen LogP contribution in [0.25, 0.3) is 131 Å². The van der Waals surface area contributed by atoms with Crippen molar-refractivity contribution in [2.24, 2.45) is 0 Å². The van der Waals surface area contributed by atoms with Crippen LogP contribution in [0.4, 0.5) is 51.7 Å². The molecule has 0 fully saturated rings. The molecule has 0 spiro atoms. The summed E-state index contributed by atoms with van der Waals surface area (Å²) < 4.78 is 89.3. The molecule has 0 saturated carbocycles. The molecule has 10 heteroatoms. The number of furan rings is 4. The smallest absolute Gasteiger partial charge is 0.160 e. The summed E-state index contributed by atoms with van der Waals surface area (Å²) in [6.07, 6.45) is 0. The highest BCUT2D eigenvalue weighted by Crippen LogP contribution is 2.52. The van der Waals surface area contributed by atoms with Crippen LogP contribution in [0.2, 0.25) is 0 Å². The van der Waals surface area contributed by atoms with Gasteiger partial charge in [0.05, 0.1) is 22.4 Å². The molecular weight excluding hydrogens is 1010 g/mol. The molecule has 0 N–H and O–H groups in total. The highest BCUT2D eigenvalue weighted by Gasteiger charge is 2.29. The minimum absolute atomic E-state index is 0.201. The summed E-state index contributed by atoms with van der Waals surface area (Å²) in [4.78, 5) is 3.66. The molecule has 0 unspecified atom stereocenters. The molecule has 0 atom stereocenters. The number of fused-ring (bicyclic) bond motifs is 16. The summed E-state index contributed by atoms with van der Waals surface area (Å²) in [5.74, 6) is -2.97. The van der Waals surface area contributed by atoms with Gasteiger partial charge < -0.3 is 27.5 Å². The van der Waals surface area contributed by atoms with Crippen molar-refractivity contribution in [1.82, 2.24) is 0 Å². The fourth-order valence-corrected chi connectivity index (χ4v) is 12.3. The van der Waals surface area contributed by atoms with Crippen LogP contribution in [0, 0.1) is 23.3 Å². The lowest BCUT2D eigenvalue weighted by Crippen LogP contribution is -2.11. The SMILES string of the molecule is Fc1cc(F)cc(N(c2ccc3cc4oc5c(N(c6cc(F)cc(F)c6)c6ccc7c(c6)oc6cc8ccccc8cc67)c6c(cc5c4cc3c2)oc2cc3ccccc3cc26)c2ccc3oc4cc5ccccc5cc4c3c2)c1. The molecule has 0 amide bonds. The lowest BCUT2D eigenvalue weighted by atomic mass is 10.0. The van der Waals surface area contributed by atoms with Gasteiger partial charge in [0.15, 0.2) is 5.58 Å². The van der Waals surface area contributed by atoms with E-state index in [1.54, 1.807) is 0 Å². The first-order chi connectivity index (χ1) is 39.2. The molecule has 0 aliphatic heterocycles. The van der Waals surface area contributed by atoms with Crippen LogP contribution in [0.3, 0.4) is 0 Å². The van der Waals surface area contributed by atoms with Gasteiger partial charge in [0.25, 0.3) is 0 Å². The van der Waals surface area contributed by atoms with Crippen LogP contribution in [0.1, 0.15) is 0 Å². The molecule has 17 aromatic rings. The average Bonchev–Trinajstić information content (AvgIpc) is 4.36. The molecule has 378 valence electrons. The van der Waals surface area contributed by atoms with Gasteiger partial charge in [0.1, 0.15) is 68.0 Å². The summed E-state index contributed by atoms with van der Waals surface area (Å²) in [5.41, 5.74) is 7.60. The maximum absolute atomic E-state index is 15.8. The largest absolute Gasteiger partial charge is 0.456 e. The Morgan fingerprint density at radius 2 is 0.650 bits per heavy atom. The molecule has 0 aliphatic rings. The Hall–Kier alpha value is -10.6. The number of anilines is 6. The second-order valence-corrected chi connectivity index (χ2v) is 20.6. The Morgan fingerprint density at radius 1 is 0.237 bits per heavy atom. The van der Waals surface area contributed by atoms with Crippen molar-refractivity contribution in [1.29, 1.82) is 0 Å². The Labute approximate surface area is 449 Å². The van der Waals surface area contributed by atoms with E-state index in [1.165, 1.54) is 24.3 Å². The first-order valence-corrected chi connectivity index (χ1v) is 26.1. The zero-order chi connectivity index (χ0) is 53.1. The lowest BCUT2D eigenvalue weighted by molar-refractivity contribution is 0.583.